The summed E-state index contributed by atoms with van der Waals surface area (Å²) in [5, 5.41) is 11.6. The van der Waals surface area contributed by atoms with Gasteiger partial charge < -0.3 is 16.2 Å². The molecule has 0 bridgehead atoms. The first-order valence-electron chi connectivity index (χ1n) is 5.71. The molecule has 0 fully saturated rings. The van der Waals surface area contributed by atoms with Crippen molar-refractivity contribution in [1.29, 1.82) is 0 Å². The molecular weight excluding hydrogens is 252 g/mol. The van der Waals surface area contributed by atoms with Gasteiger partial charge in [0.15, 0.2) is 0 Å². The highest BCUT2D eigenvalue weighted by atomic mass is 35.5. The molecule has 0 aliphatic carbocycles. The van der Waals surface area contributed by atoms with Gasteiger partial charge in [-0.1, -0.05) is 12.1 Å². The Morgan fingerprint density at radius 2 is 1.89 bits per heavy atom. The highest BCUT2D eigenvalue weighted by Crippen LogP contribution is 2.17. The average molecular weight is 273 g/mol. The lowest BCUT2D eigenvalue weighted by Gasteiger charge is -2.21. The van der Waals surface area contributed by atoms with E-state index in [9.17, 15) is 4.79 Å². The fourth-order valence-corrected chi connectivity index (χ4v) is 1.28. The van der Waals surface area contributed by atoms with Crippen molar-refractivity contribution in [2.45, 2.75) is 20.3 Å². The first-order valence-corrected chi connectivity index (χ1v) is 5.71. The van der Waals surface area contributed by atoms with Crippen molar-refractivity contribution in [3.63, 3.8) is 0 Å². The van der Waals surface area contributed by atoms with E-state index in [1.807, 2.05) is 38.1 Å². The van der Waals surface area contributed by atoms with Crippen molar-refractivity contribution >= 4 is 24.0 Å². The Labute approximate surface area is 114 Å². The number of rotatable bonds is 5. The Kier molecular flexibility index (Phi) is 6.91. The van der Waals surface area contributed by atoms with Crippen LogP contribution in [0.4, 0.5) is 5.69 Å². The summed E-state index contributed by atoms with van der Waals surface area (Å²) in [6.07, 6.45) is 0.627. The molecule has 0 saturated heterocycles. The molecule has 0 unspecified atom stereocenters. The Morgan fingerprint density at radius 3 is 2.33 bits per heavy atom. The van der Waals surface area contributed by atoms with Gasteiger partial charge in [0.2, 0.25) is 5.91 Å². The van der Waals surface area contributed by atoms with E-state index in [0.29, 0.717) is 13.0 Å². The predicted molar refractivity (Wildman–Crippen MR) is 75.9 cm³/mol. The Hall–Kier alpha value is -1.10. The zero-order chi connectivity index (χ0) is 12.9. The molecule has 102 valence electrons. The van der Waals surface area contributed by atoms with E-state index in [0.717, 1.165) is 11.3 Å². The van der Waals surface area contributed by atoms with Gasteiger partial charge in [-0.3, -0.25) is 4.79 Å². The number of amides is 1. The topological polar surface area (TPSA) is 75.4 Å². The van der Waals surface area contributed by atoms with Crippen LogP contribution in [0.3, 0.4) is 0 Å². The third-order valence-corrected chi connectivity index (χ3v) is 2.74. The Morgan fingerprint density at radius 1 is 1.33 bits per heavy atom. The van der Waals surface area contributed by atoms with Crippen LogP contribution in [0, 0.1) is 5.41 Å². The fraction of sp³-hybridized carbons (Fsp3) is 0.462. The Bertz CT molecular complexity index is 377. The van der Waals surface area contributed by atoms with Gasteiger partial charge in [0.1, 0.15) is 0 Å². The first kappa shape index (κ1) is 16.9. The molecule has 1 rings (SSSR count). The number of anilines is 1. The van der Waals surface area contributed by atoms with Crippen molar-refractivity contribution in [2.75, 3.05) is 18.5 Å². The number of nitrogens with one attached hydrogen (secondary N) is 1. The van der Waals surface area contributed by atoms with E-state index in [-0.39, 0.29) is 24.9 Å². The van der Waals surface area contributed by atoms with Crippen molar-refractivity contribution in [1.82, 2.24) is 0 Å². The van der Waals surface area contributed by atoms with Gasteiger partial charge in [-0.15, -0.1) is 12.4 Å². The Balaban J connectivity index is 0.00000289. The second-order valence-corrected chi connectivity index (χ2v) is 4.71. The van der Waals surface area contributed by atoms with Crippen LogP contribution in [0.5, 0.6) is 0 Å². The maximum absolute atomic E-state index is 11.8. The van der Waals surface area contributed by atoms with E-state index >= 15 is 0 Å². The van der Waals surface area contributed by atoms with Crippen molar-refractivity contribution in [3.8, 4) is 0 Å². The van der Waals surface area contributed by atoms with Gasteiger partial charge in [0.05, 0.1) is 5.41 Å². The zero-order valence-corrected chi connectivity index (χ0v) is 11.6. The summed E-state index contributed by atoms with van der Waals surface area (Å²) in [4.78, 5) is 11.8. The molecule has 0 saturated carbocycles. The van der Waals surface area contributed by atoms with Gasteiger partial charge in [0.25, 0.3) is 0 Å². The van der Waals surface area contributed by atoms with Gasteiger partial charge in [-0.05, 0) is 38.0 Å². The van der Waals surface area contributed by atoms with Crippen LogP contribution in [0.2, 0.25) is 0 Å². The van der Waals surface area contributed by atoms with Crippen LogP contribution >= 0.6 is 12.4 Å². The lowest BCUT2D eigenvalue weighted by molar-refractivity contribution is -0.123. The number of aliphatic hydroxyl groups is 1. The van der Waals surface area contributed by atoms with E-state index in [2.05, 4.69) is 5.32 Å². The van der Waals surface area contributed by atoms with Gasteiger partial charge in [-0.2, -0.15) is 0 Å². The molecule has 5 heteroatoms. The quantitative estimate of drug-likeness (QED) is 0.762. The van der Waals surface area contributed by atoms with E-state index in [1.165, 1.54) is 0 Å². The molecule has 0 aliphatic heterocycles. The van der Waals surface area contributed by atoms with Crippen molar-refractivity contribution in [2.24, 2.45) is 11.1 Å². The lowest BCUT2D eigenvalue weighted by Crippen LogP contribution is -2.37. The summed E-state index contributed by atoms with van der Waals surface area (Å²) in [7, 11) is 0. The minimum atomic E-state index is -0.566. The summed E-state index contributed by atoms with van der Waals surface area (Å²) in [5.41, 5.74) is 6.76. The summed E-state index contributed by atoms with van der Waals surface area (Å²) in [6, 6.07) is 7.44. The summed E-state index contributed by atoms with van der Waals surface area (Å²) < 4.78 is 0. The van der Waals surface area contributed by atoms with Crippen molar-refractivity contribution < 1.29 is 9.90 Å². The molecule has 18 heavy (non-hydrogen) atoms. The van der Waals surface area contributed by atoms with Crippen molar-refractivity contribution in [3.05, 3.63) is 29.8 Å². The number of aliphatic hydroxyl groups excluding tert-OH is 1. The monoisotopic (exact) mass is 272 g/mol. The molecular formula is C13H21ClN2O2. The predicted octanol–water partition coefficient (Wildman–Crippen LogP) is 1.57. The molecule has 0 aliphatic rings. The summed E-state index contributed by atoms with van der Waals surface area (Å²) in [5.74, 6) is -0.0880. The van der Waals surface area contributed by atoms with Crippen LogP contribution < -0.4 is 11.1 Å². The number of nitrogens with two attached hydrogens (primary N) is 1. The second-order valence-electron chi connectivity index (χ2n) is 4.71. The van der Waals surface area contributed by atoms with Gasteiger partial charge in [0, 0.05) is 18.8 Å². The molecule has 0 heterocycles. The fourth-order valence-electron chi connectivity index (χ4n) is 1.28. The molecule has 1 aromatic carbocycles. The molecule has 4 nitrogen and oxygen atoms in total. The number of carbonyl (C=O) groups is 1. The third kappa shape index (κ3) is 4.64. The molecule has 0 aromatic heterocycles. The molecule has 1 amide bonds. The number of benzene rings is 1. The SMILES string of the molecule is CC(C)(CN)C(=O)Nc1ccc(CCO)cc1.Cl. The van der Waals surface area contributed by atoms with Gasteiger partial charge >= 0.3 is 0 Å². The van der Waals surface area contributed by atoms with Gasteiger partial charge in [-0.25, -0.2) is 0 Å². The minimum absolute atomic E-state index is 0. The van der Waals surface area contributed by atoms with Crippen LogP contribution in [0.1, 0.15) is 19.4 Å². The second kappa shape index (κ2) is 7.36. The maximum Gasteiger partial charge on any atom is 0.231 e. The highest BCUT2D eigenvalue weighted by Gasteiger charge is 2.25. The molecule has 0 spiro atoms. The highest BCUT2D eigenvalue weighted by molar-refractivity contribution is 5.94. The number of hydrogen-bond donors (Lipinski definition) is 3. The molecule has 0 atom stereocenters. The average Bonchev–Trinajstić information content (AvgIpc) is 2.32. The zero-order valence-electron chi connectivity index (χ0n) is 10.8. The number of halogens is 1. The van der Waals surface area contributed by atoms with Crippen LogP contribution in [0.25, 0.3) is 0 Å². The third-order valence-electron chi connectivity index (χ3n) is 2.74. The van der Waals surface area contributed by atoms with E-state index < -0.39 is 5.41 Å². The van der Waals surface area contributed by atoms with Crippen LogP contribution in [-0.4, -0.2) is 24.2 Å². The van der Waals surface area contributed by atoms with E-state index in [4.69, 9.17) is 10.8 Å². The maximum atomic E-state index is 11.8. The standard InChI is InChI=1S/C13H20N2O2.ClH/c1-13(2,9-14)12(17)15-11-5-3-10(4-6-11)7-8-16;/h3-6,16H,7-9,14H2,1-2H3,(H,15,17);1H. The molecule has 4 N–H and O–H groups in total. The number of carbonyl (C=O) groups excluding carboxylic acids is 1. The summed E-state index contributed by atoms with van der Waals surface area (Å²) >= 11 is 0. The first-order chi connectivity index (χ1) is 7.99. The normalized spacial score (nSPS) is 10.7. The van der Waals surface area contributed by atoms with Crippen LogP contribution in [-0.2, 0) is 11.2 Å². The smallest absolute Gasteiger partial charge is 0.231 e. The molecule has 1 aromatic rings. The number of hydrogen-bond acceptors (Lipinski definition) is 3. The lowest BCUT2D eigenvalue weighted by atomic mass is 9.92. The minimum Gasteiger partial charge on any atom is -0.396 e. The van der Waals surface area contributed by atoms with E-state index in [1.54, 1.807) is 0 Å². The molecule has 0 radical (unpaired) electrons. The summed E-state index contributed by atoms with van der Waals surface area (Å²) in [6.45, 7) is 4.05. The van der Waals surface area contributed by atoms with Crippen LogP contribution in [0.15, 0.2) is 24.3 Å². The largest absolute Gasteiger partial charge is 0.396 e.